The highest BCUT2D eigenvalue weighted by molar-refractivity contribution is 9.10. The van der Waals surface area contributed by atoms with Gasteiger partial charge in [0, 0.05) is 10.5 Å². The number of halogens is 1. The first-order chi connectivity index (χ1) is 12.4. The summed E-state index contributed by atoms with van der Waals surface area (Å²) in [4.78, 5) is 23.4. The van der Waals surface area contributed by atoms with Crippen molar-refractivity contribution >= 4 is 51.2 Å². The molecule has 0 atom stereocenters. The van der Waals surface area contributed by atoms with Crippen LogP contribution in [-0.4, -0.2) is 23.5 Å². The fraction of sp³-hybridized carbons (Fsp3) is 0.118. The number of furan rings is 1. The van der Waals surface area contributed by atoms with Crippen LogP contribution < -0.4 is 20.9 Å². The first-order valence-corrected chi connectivity index (χ1v) is 8.64. The molecule has 1 aromatic heterocycles. The van der Waals surface area contributed by atoms with E-state index in [0.717, 1.165) is 10.0 Å². The van der Waals surface area contributed by atoms with E-state index < -0.39 is 11.8 Å². The lowest BCUT2D eigenvalue weighted by atomic mass is 10.2. The number of thiocarbonyl (C=S) groups is 1. The number of carbonyl (C=O) groups excluding carboxylic acids is 2. The summed E-state index contributed by atoms with van der Waals surface area (Å²) in [5, 5.41) is 2.33. The Balaban J connectivity index is 1.69. The molecule has 0 saturated heterocycles. The van der Waals surface area contributed by atoms with Crippen LogP contribution in [0.5, 0.6) is 5.75 Å². The quantitative estimate of drug-likeness (QED) is 0.378. The molecule has 136 valence electrons. The molecule has 2 aromatic rings. The predicted octanol–water partition coefficient (Wildman–Crippen LogP) is 2.46. The number of rotatable bonds is 5. The highest BCUT2D eigenvalue weighted by Crippen LogP contribution is 2.21. The third-order valence-electron chi connectivity index (χ3n) is 2.99. The van der Waals surface area contributed by atoms with Gasteiger partial charge >= 0.3 is 0 Å². The molecule has 0 radical (unpaired) electrons. The number of hydrogen-bond acceptors (Lipinski definition) is 5. The van der Waals surface area contributed by atoms with Crippen molar-refractivity contribution in [2.24, 2.45) is 0 Å². The van der Waals surface area contributed by atoms with Crippen LogP contribution in [0.3, 0.4) is 0 Å². The van der Waals surface area contributed by atoms with E-state index in [0.29, 0.717) is 11.5 Å². The molecule has 0 aliphatic carbocycles. The van der Waals surface area contributed by atoms with Gasteiger partial charge in [0.15, 0.2) is 11.7 Å². The van der Waals surface area contributed by atoms with E-state index in [1.54, 1.807) is 18.2 Å². The number of amides is 2. The highest BCUT2D eigenvalue weighted by atomic mass is 79.9. The largest absolute Gasteiger partial charge is 0.483 e. The van der Waals surface area contributed by atoms with Gasteiger partial charge in [0.2, 0.25) is 5.91 Å². The monoisotopic (exact) mass is 437 g/mol. The Kier molecular flexibility index (Phi) is 7.37. The van der Waals surface area contributed by atoms with Crippen molar-refractivity contribution in [2.75, 3.05) is 6.61 Å². The SMILES string of the molecule is Cc1cc(Br)ccc1OCC(=O)NNC(=S)NC(=O)/C=C/c1ccco1. The Morgan fingerprint density at radius 1 is 1.31 bits per heavy atom. The average molecular weight is 438 g/mol. The summed E-state index contributed by atoms with van der Waals surface area (Å²) >= 11 is 8.27. The molecule has 3 N–H and O–H groups in total. The van der Waals surface area contributed by atoms with Gasteiger partial charge in [0.1, 0.15) is 11.5 Å². The van der Waals surface area contributed by atoms with Crippen LogP contribution in [0.2, 0.25) is 0 Å². The maximum absolute atomic E-state index is 11.8. The first kappa shape index (κ1) is 19.7. The molecule has 1 aromatic carbocycles. The van der Waals surface area contributed by atoms with Gasteiger partial charge < -0.3 is 9.15 Å². The second-order valence-electron chi connectivity index (χ2n) is 5.04. The summed E-state index contributed by atoms with van der Waals surface area (Å²) in [5.41, 5.74) is 5.65. The van der Waals surface area contributed by atoms with Crippen molar-refractivity contribution in [1.82, 2.24) is 16.2 Å². The second-order valence-corrected chi connectivity index (χ2v) is 6.36. The van der Waals surface area contributed by atoms with Crippen LogP contribution in [0.4, 0.5) is 0 Å². The highest BCUT2D eigenvalue weighted by Gasteiger charge is 2.07. The van der Waals surface area contributed by atoms with Crippen LogP contribution in [0.15, 0.2) is 51.6 Å². The second kappa shape index (κ2) is 9.73. The topological polar surface area (TPSA) is 92.6 Å². The Labute approximate surface area is 163 Å². The minimum Gasteiger partial charge on any atom is -0.483 e. The molecule has 0 aliphatic heterocycles. The van der Waals surface area contributed by atoms with Crippen molar-refractivity contribution in [3.63, 3.8) is 0 Å². The van der Waals surface area contributed by atoms with E-state index in [-0.39, 0.29) is 11.7 Å². The molecule has 7 nitrogen and oxygen atoms in total. The molecular formula is C17H16BrN3O4S. The van der Waals surface area contributed by atoms with Crippen molar-refractivity contribution in [3.05, 3.63) is 58.5 Å². The number of ether oxygens (including phenoxy) is 1. The number of hydrazine groups is 1. The van der Waals surface area contributed by atoms with Crippen LogP contribution in [0, 0.1) is 6.92 Å². The molecule has 0 aliphatic rings. The van der Waals surface area contributed by atoms with Crippen LogP contribution in [0.1, 0.15) is 11.3 Å². The molecule has 0 spiro atoms. The minimum atomic E-state index is -0.463. The van der Waals surface area contributed by atoms with E-state index in [1.807, 2.05) is 19.1 Å². The molecule has 26 heavy (non-hydrogen) atoms. The fourth-order valence-corrected chi connectivity index (χ4v) is 2.44. The summed E-state index contributed by atoms with van der Waals surface area (Å²) in [6, 6.07) is 8.87. The molecule has 1 heterocycles. The third kappa shape index (κ3) is 6.69. The van der Waals surface area contributed by atoms with Crippen LogP contribution in [-0.2, 0) is 9.59 Å². The zero-order valence-electron chi connectivity index (χ0n) is 13.7. The Morgan fingerprint density at radius 3 is 2.81 bits per heavy atom. The molecule has 2 amide bonds. The Hall–Kier alpha value is -2.65. The Bertz CT molecular complexity index is 821. The van der Waals surface area contributed by atoms with E-state index in [2.05, 4.69) is 32.1 Å². The summed E-state index contributed by atoms with van der Waals surface area (Å²) in [6.45, 7) is 1.67. The molecule has 0 saturated carbocycles. The zero-order valence-corrected chi connectivity index (χ0v) is 16.1. The van der Waals surface area contributed by atoms with Gasteiger partial charge in [-0.3, -0.25) is 25.8 Å². The zero-order chi connectivity index (χ0) is 18.9. The van der Waals surface area contributed by atoms with Crippen molar-refractivity contribution in [1.29, 1.82) is 0 Å². The molecule has 0 fully saturated rings. The Morgan fingerprint density at radius 2 is 2.12 bits per heavy atom. The lowest BCUT2D eigenvalue weighted by Crippen LogP contribution is -2.49. The number of aryl methyl sites for hydroxylation is 1. The number of nitrogens with one attached hydrogen (secondary N) is 3. The lowest BCUT2D eigenvalue weighted by Gasteiger charge is -2.11. The van der Waals surface area contributed by atoms with Crippen molar-refractivity contribution < 1.29 is 18.7 Å². The minimum absolute atomic E-state index is 0.0488. The number of carbonyl (C=O) groups is 2. The molecule has 0 bridgehead atoms. The summed E-state index contributed by atoms with van der Waals surface area (Å²) in [5.74, 6) is 0.222. The van der Waals surface area contributed by atoms with Crippen molar-refractivity contribution in [2.45, 2.75) is 6.92 Å². The van der Waals surface area contributed by atoms with Gasteiger partial charge in [-0.15, -0.1) is 0 Å². The molecule has 2 rings (SSSR count). The van der Waals surface area contributed by atoms with Crippen LogP contribution >= 0.6 is 28.1 Å². The normalized spacial score (nSPS) is 10.4. The van der Waals surface area contributed by atoms with Crippen molar-refractivity contribution in [3.8, 4) is 5.75 Å². The smallest absolute Gasteiger partial charge is 0.276 e. The number of benzene rings is 1. The van der Waals surface area contributed by atoms with Gasteiger partial charge in [0.25, 0.3) is 5.91 Å². The van der Waals surface area contributed by atoms with Gasteiger partial charge in [-0.2, -0.15) is 0 Å². The van der Waals surface area contributed by atoms with Gasteiger partial charge in [-0.1, -0.05) is 15.9 Å². The maximum atomic E-state index is 11.8. The standard InChI is InChI=1S/C17H16BrN3O4S/c1-11-9-12(18)4-6-14(11)25-10-16(23)20-21-17(26)19-15(22)7-5-13-3-2-8-24-13/h2-9H,10H2,1H3,(H,20,23)(H2,19,21,22,26)/b7-5+. The summed E-state index contributed by atoms with van der Waals surface area (Å²) in [7, 11) is 0. The van der Waals surface area contributed by atoms with Crippen LogP contribution in [0.25, 0.3) is 6.08 Å². The average Bonchev–Trinajstić information content (AvgIpc) is 3.11. The third-order valence-corrected chi connectivity index (χ3v) is 3.69. The van der Waals surface area contributed by atoms with Gasteiger partial charge in [-0.05, 0) is 61.1 Å². The first-order valence-electron chi connectivity index (χ1n) is 7.44. The molecule has 0 unspecified atom stereocenters. The van der Waals surface area contributed by atoms with E-state index in [1.165, 1.54) is 18.4 Å². The molecular weight excluding hydrogens is 422 g/mol. The van der Waals surface area contributed by atoms with E-state index >= 15 is 0 Å². The lowest BCUT2D eigenvalue weighted by molar-refractivity contribution is -0.123. The van der Waals surface area contributed by atoms with Gasteiger partial charge in [-0.25, -0.2) is 0 Å². The summed E-state index contributed by atoms with van der Waals surface area (Å²) < 4.78 is 11.4. The van der Waals surface area contributed by atoms with Gasteiger partial charge in [0.05, 0.1) is 6.26 Å². The molecule has 9 heteroatoms. The fourth-order valence-electron chi connectivity index (χ4n) is 1.81. The predicted molar refractivity (Wildman–Crippen MR) is 104 cm³/mol. The van der Waals surface area contributed by atoms with E-state index in [4.69, 9.17) is 21.4 Å². The number of hydrogen-bond donors (Lipinski definition) is 3. The maximum Gasteiger partial charge on any atom is 0.276 e. The summed E-state index contributed by atoms with van der Waals surface area (Å²) in [6.07, 6.45) is 4.25. The van der Waals surface area contributed by atoms with E-state index in [9.17, 15) is 9.59 Å².